The van der Waals surface area contributed by atoms with Crippen LogP contribution in [0.15, 0.2) is 0 Å². The molecular weight excluding hydrogens is 226 g/mol. The van der Waals surface area contributed by atoms with Crippen molar-refractivity contribution in [2.24, 2.45) is 0 Å². The predicted molar refractivity (Wildman–Crippen MR) is 65.2 cm³/mol. The highest BCUT2D eigenvalue weighted by Crippen LogP contribution is 2.26. The van der Waals surface area contributed by atoms with Crippen LogP contribution in [0.25, 0.3) is 0 Å². The minimum absolute atomic E-state index is 0.186. The summed E-state index contributed by atoms with van der Waals surface area (Å²) >= 11 is 0. The maximum absolute atomic E-state index is 11.0. The Kier molecular flexibility index (Phi) is 4.76. The Labute approximate surface area is 98.6 Å². The highest BCUT2D eigenvalue weighted by molar-refractivity contribution is 7.90. The Morgan fingerprint density at radius 2 is 2.00 bits per heavy atom. The van der Waals surface area contributed by atoms with Crippen LogP contribution < -0.4 is 0 Å². The van der Waals surface area contributed by atoms with E-state index in [-0.39, 0.29) is 5.75 Å². The van der Waals surface area contributed by atoms with E-state index in [0.29, 0.717) is 12.8 Å². The second kappa shape index (κ2) is 5.47. The fourth-order valence-corrected chi connectivity index (χ4v) is 2.90. The summed E-state index contributed by atoms with van der Waals surface area (Å²) in [5.74, 6) is 0.186. The van der Waals surface area contributed by atoms with Gasteiger partial charge in [-0.3, -0.25) is 0 Å². The van der Waals surface area contributed by atoms with E-state index in [9.17, 15) is 13.5 Å². The minimum atomic E-state index is -2.89. The monoisotopic (exact) mass is 249 g/mol. The lowest BCUT2D eigenvalue weighted by molar-refractivity contribution is 0.0171. The fourth-order valence-electron chi connectivity index (χ4n) is 2.23. The van der Waals surface area contributed by atoms with Crippen LogP contribution in [-0.4, -0.2) is 56.2 Å². The zero-order chi connectivity index (χ0) is 12.2. The third-order valence-corrected chi connectivity index (χ3v) is 4.33. The lowest BCUT2D eigenvalue weighted by Crippen LogP contribution is -2.30. The number of nitrogens with zero attached hydrogens (tertiary/aromatic N) is 1. The van der Waals surface area contributed by atoms with E-state index in [1.165, 1.54) is 6.26 Å². The molecule has 0 aromatic heterocycles. The van der Waals surface area contributed by atoms with Gasteiger partial charge in [0.15, 0.2) is 0 Å². The van der Waals surface area contributed by atoms with Crippen LogP contribution in [0.4, 0.5) is 0 Å². The summed E-state index contributed by atoms with van der Waals surface area (Å²) < 4.78 is 22.0. The average Bonchev–Trinajstić information content (AvgIpc) is 2.27. The van der Waals surface area contributed by atoms with E-state index in [2.05, 4.69) is 11.9 Å². The van der Waals surface area contributed by atoms with Gasteiger partial charge in [0.05, 0.1) is 5.60 Å². The molecule has 1 rings (SSSR count). The first-order valence-corrected chi connectivity index (χ1v) is 7.95. The highest BCUT2D eigenvalue weighted by atomic mass is 32.2. The molecule has 0 aromatic carbocycles. The molecule has 1 aliphatic rings. The van der Waals surface area contributed by atoms with Gasteiger partial charge in [0, 0.05) is 18.6 Å². The largest absolute Gasteiger partial charge is 0.390 e. The number of likely N-dealkylation sites (tertiary alicyclic amines) is 1. The molecule has 1 N–H and O–H groups in total. The number of hydrogen-bond donors (Lipinski definition) is 1. The van der Waals surface area contributed by atoms with Crippen LogP contribution in [-0.2, 0) is 9.84 Å². The zero-order valence-corrected chi connectivity index (χ0v) is 11.1. The average molecular weight is 249 g/mol. The molecule has 1 saturated heterocycles. The van der Waals surface area contributed by atoms with Crippen molar-refractivity contribution in [3.63, 3.8) is 0 Å². The molecule has 96 valence electrons. The molecule has 0 bridgehead atoms. The number of rotatable bonds is 4. The normalized spacial score (nSPS) is 28.9. The standard InChI is InChI=1S/C11H23NO3S/c1-12-8-3-5-11(13,7-9-12)6-4-10-16(2,14)15/h13H,3-10H2,1-2H3. The van der Waals surface area contributed by atoms with E-state index in [1.807, 2.05) is 0 Å². The van der Waals surface area contributed by atoms with Crippen LogP contribution in [0, 0.1) is 0 Å². The maximum atomic E-state index is 11.0. The molecule has 1 heterocycles. The van der Waals surface area contributed by atoms with Crippen molar-refractivity contribution in [2.45, 2.75) is 37.7 Å². The van der Waals surface area contributed by atoms with Gasteiger partial charge in [-0.25, -0.2) is 8.42 Å². The predicted octanol–water partition coefficient (Wildman–Crippen LogP) is 0.658. The molecule has 4 nitrogen and oxygen atoms in total. The molecular formula is C11H23NO3S. The molecule has 0 aromatic rings. The molecule has 16 heavy (non-hydrogen) atoms. The third-order valence-electron chi connectivity index (χ3n) is 3.30. The van der Waals surface area contributed by atoms with Gasteiger partial charge in [0.25, 0.3) is 0 Å². The van der Waals surface area contributed by atoms with Crippen LogP contribution >= 0.6 is 0 Å². The summed E-state index contributed by atoms with van der Waals surface area (Å²) in [5.41, 5.74) is -0.643. The molecule has 1 aliphatic heterocycles. The Morgan fingerprint density at radius 3 is 2.62 bits per heavy atom. The fraction of sp³-hybridized carbons (Fsp3) is 1.00. The summed E-state index contributed by atoms with van der Waals surface area (Å²) in [7, 11) is -0.835. The number of hydrogen-bond acceptors (Lipinski definition) is 4. The quantitative estimate of drug-likeness (QED) is 0.795. The van der Waals surface area contributed by atoms with Gasteiger partial charge in [-0.05, 0) is 45.7 Å². The van der Waals surface area contributed by atoms with Gasteiger partial charge < -0.3 is 10.0 Å². The summed E-state index contributed by atoms with van der Waals surface area (Å²) in [4.78, 5) is 2.22. The SMILES string of the molecule is CN1CCCC(O)(CCCS(C)(=O)=O)CC1. The topological polar surface area (TPSA) is 57.6 Å². The molecule has 5 heteroatoms. The van der Waals surface area contributed by atoms with Crippen molar-refractivity contribution in [1.29, 1.82) is 0 Å². The van der Waals surface area contributed by atoms with E-state index in [4.69, 9.17) is 0 Å². The molecule has 1 atom stereocenters. The second-order valence-electron chi connectivity index (χ2n) is 5.11. The first kappa shape index (κ1) is 13.9. The zero-order valence-electron chi connectivity index (χ0n) is 10.3. The Morgan fingerprint density at radius 1 is 1.31 bits per heavy atom. The summed E-state index contributed by atoms with van der Waals surface area (Å²) in [5, 5.41) is 10.3. The van der Waals surface area contributed by atoms with Crippen molar-refractivity contribution >= 4 is 9.84 Å². The Hall–Kier alpha value is -0.130. The van der Waals surface area contributed by atoms with Crippen LogP contribution in [0.5, 0.6) is 0 Å². The number of sulfone groups is 1. The van der Waals surface area contributed by atoms with Crippen molar-refractivity contribution in [1.82, 2.24) is 4.90 Å². The van der Waals surface area contributed by atoms with Gasteiger partial charge in [0.2, 0.25) is 0 Å². The first-order chi connectivity index (χ1) is 7.31. The van der Waals surface area contributed by atoms with Gasteiger partial charge in [-0.15, -0.1) is 0 Å². The lowest BCUT2D eigenvalue weighted by atomic mass is 9.90. The second-order valence-corrected chi connectivity index (χ2v) is 7.37. The summed E-state index contributed by atoms with van der Waals surface area (Å²) in [6.07, 6.45) is 4.96. The summed E-state index contributed by atoms with van der Waals surface area (Å²) in [6, 6.07) is 0. The van der Waals surface area contributed by atoms with Crippen molar-refractivity contribution in [2.75, 3.05) is 32.1 Å². The van der Waals surface area contributed by atoms with Crippen molar-refractivity contribution in [3.05, 3.63) is 0 Å². The smallest absolute Gasteiger partial charge is 0.147 e. The van der Waals surface area contributed by atoms with Crippen LogP contribution in [0.1, 0.15) is 32.1 Å². The van der Waals surface area contributed by atoms with Gasteiger partial charge in [0.1, 0.15) is 9.84 Å². The molecule has 0 saturated carbocycles. The summed E-state index contributed by atoms with van der Waals surface area (Å²) in [6.45, 7) is 1.92. The van der Waals surface area contributed by atoms with Crippen LogP contribution in [0.2, 0.25) is 0 Å². The van der Waals surface area contributed by atoms with Gasteiger partial charge >= 0.3 is 0 Å². The number of aliphatic hydroxyl groups is 1. The molecule has 0 amide bonds. The van der Waals surface area contributed by atoms with Gasteiger partial charge in [-0.1, -0.05) is 0 Å². The highest BCUT2D eigenvalue weighted by Gasteiger charge is 2.28. The third kappa shape index (κ3) is 5.27. The molecule has 1 unspecified atom stereocenters. The van der Waals surface area contributed by atoms with Crippen molar-refractivity contribution in [3.8, 4) is 0 Å². The van der Waals surface area contributed by atoms with E-state index >= 15 is 0 Å². The maximum Gasteiger partial charge on any atom is 0.147 e. The lowest BCUT2D eigenvalue weighted by Gasteiger charge is -2.26. The minimum Gasteiger partial charge on any atom is -0.390 e. The molecule has 0 spiro atoms. The van der Waals surface area contributed by atoms with Crippen LogP contribution in [0.3, 0.4) is 0 Å². The molecule has 0 aliphatic carbocycles. The molecule has 1 fully saturated rings. The Bertz CT molecular complexity index is 315. The van der Waals surface area contributed by atoms with Gasteiger partial charge in [-0.2, -0.15) is 0 Å². The Balaban J connectivity index is 2.39. The van der Waals surface area contributed by atoms with E-state index in [0.717, 1.165) is 32.4 Å². The van der Waals surface area contributed by atoms with Crippen molar-refractivity contribution < 1.29 is 13.5 Å². The van der Waals surface area contributed by atoms with E-state index < -0.39 is 15.4 Å². The van der Waals surface area contributed by atoms with E-state index in [1.54, 1.807) is 0 Å². The first-order valence-electron chi connectivity index (χ1n) is 5.89. The molecule has 0 radical (unpaired) electrons.